The van der Waals surface area contributed by atoms with E-state index in [4.69, 9.17) is 11.5 Å². The molecule has 0 bridgehead atoms. The number of aryl methyl sites for hydroxylation is 1. The van der Waals surface area contributed by atoms with Crippen molar-refractivity contribution in [2.45, 2.75) is 13.3 Å². The molecule has 1 rings (SSSR count). The van der Waals surface area contributed by atoms with Gasteiger partial charge in [0.15, 0.2) is 0 Å². The number of nitro groups is 1. The van der Waals surface area contributed by atoms with Crippen molar-refractivity contribution in [3.05, 3.63) is 33.4 Å². The van der Waals surface area contributed by atoms with E-state index in [1.807, 2.05) is 6.92 Å². The van der Waals surface area contributed by atoms with Gasteiger partial charge in [-0.3, -0.25) is 10.1 Å². The third kappa shape index (κ3) is 1.82. The maximum absolute atomic E-state index is 10.6. The summed E-state index contributed by atoms with van der Waals surface area (Å²) < 4.78 is 0. The molecule has 14 heavy (non-hydrogen) atoms. The third-order valence-corrected chi connectivity index (χ3v) is 2.16. The van der Waals surface area contributed by atoms with E-state index in [9.17, 15) is 10.1 Å². The van der Waals surface area contributed by atoms with E-state index in [0.717, 1.165) is 11.1 Å². The van der Waals surface area contributed by atoms with Crippen LogP contribution in [0.2, 0.25) is 0 Å². The summed E-state index contributed by atoms with van der Waals surface area (Å²) in [4.78, 5) is 10.1. The van der Waals surface area contributed by atoms with Gasteiger partial charge in [0, 0.05) is 6.07 Å². The lowest BCUT2D eigenvalue weighted by Gasteiger charge is -2.07. The van der Waals surface area contributed by atoms with Crippen molar-refractivity contribution in [2.75, 3.05) is 12.3 Å². The van der Waals surface area contributed by atoms with Crippen molar-refractivity contribution in [3.8, 4) is 0 Å². The van der Waals surface area contributed by atoms with E-state index in [1.165, 1.54) is 6.07 Å². The van der Waals surface area contributed by atoms with E-state index < -0.39 is 4.92 Å². The maximum Gasteiger partial charge on any atom is 0.292 e. The lowest BCUT2D eigenvalue weighted by Crippen LogP contribution is -2.08. The van der Waals surface area contributed by atoms with Gasteiger partial charge in [0.25, 0.3) is 5.69 Å². The molecule has 0 saturated carbocycles. The second-order valence-corrected chi connectivity index (χ2v) is 3.09. The van der Waals surface area contributed by atoms with Crippen LogP contribution in [-0.4, -0.2) is 11.5 Å². The number of nitrogens with two attached hydrogens (primary N) is 2. The Bertz CT molecular complexity index is 363. The predicted molar refractivity (Wildman–Crippen MR) is 55.0 cm³/mol. The fourth-order valence-corrected chi connectivity index (χ4v) is 1.40. The third-order valence-electron chi connectivity index (χ3n) is 2.16. The zero-order valence-electron chi connectivity index (χ0n) is 7.99. The zero-order valence-corrected chi connectivity index (χ0v) is 7.99. The van der Waals surface area contributed by atoms with Gasteiger partial charge < -0.3 is 11.5 Å². The molecule has 76 valence electrons. The molecule has 5 heteroatoms. The Morgan fingerprint density at radius 2 is 2.14 bits per heavy atom. The Balaban J connectivity index is 3.26. The molecule has 5 nitrogen and oxygen atoms in total. The molecule has 0 spiro atoms. The number of hydrogen-bond acceptors (Lipinski definition) is 4. The predicted octanol–water partition coefficient (Wildman–Crippen LogP) is 0.987. The molecule has 0 atom stereocenters. The Morgan fingerprint density at radius 3 is 2.64 bits per heavy atom. The Labute approximate surface area is 81.9 Å². The van der Waals surface area contributed by atoms with Gasteiger partial charge in [0.05, 0.1) is 4.92 Å². The van der Waals surface area contributed by atoms with Crippen molar-refractivity contribution >= 4 is 11.4 Å². The van der Waals surface area contributed by atoms with Crippen LogP contribution in [-0.2, 0) is 6.42 Å². The van der Waals surface area contributed by atoms with Crippen molar-refractivity contribution in [1.82, 2.24) is 0 Å². The minimum atomic E-state index is -0.477. The first-order valence-electron chi connectivity index (χ1n) is 4.30. The fraction of sp³-hybridized carbons (Fsp3) is 0.333. The number of rotatable bonds is 3. The largest absolute Gasteiger partial charge is 0.393 e. The standard InChI is InChI=1S/C9H13N3O2/c1-6-2-3-8(12(13)14)9(11)7(6)4-5-10/h2-3H,4-5,10-11H2,1H3. The van der Waals surface area contributed by atoms with E-state index in [-0.39, 0.29) is 11.4 Å². The van der Waals surface area contributed by atoms with Crippen LogP contribution < -0.4 is 11.5 Å². The number of nitrogen functional groups attached to an aromatic ring is 1. The highest BCUT2D eigenvalue weighted by atomic mass is 16.6. The van der Waals surface area contributed by atoms with E-state index in [0.29, 0.717) is 13.0 Å². The Morgan fingerprint density at radius 1 is 1.50 bits per heavy atom. The van der Waals surface area contributed by atoms with Crippen LogP contribution in [0, 0.1) is 17.0 Å². The van der Waals surface area contributed by atoms with Gasteiger partial charge in [-0.15, -0.1) is 0 Å². The van der Waals surface area contributed by atoms with E-state index >= 15 is 0 Å². The molecule has 0 radical (unpaired) electrons. The molecule has 0 aromatic heterocycles. The molecular weight excluding hydrogens is 182 g/mol. The number of benzene rings is 1. The maximum atomic E-state index is 10.6. The smallest absolute Gasteiger partial charge is 0.292 e. The molecule has 0 unspecified atom stereocenters. The summed E-state index contributed by atoms with van der Waals surface area (Å²) in [7, 11) is 0. The van der Waals surface area contributed by atoms with Gasteiger partial charge in [-0.2, -0.15) is 0 Å². The second-order valence-electron chi connectivity index (χ2n) is 3.09. The van der Waals surface area contributed by atoms with Crippen LogP contribution in [0.1, 0.15) is 11.1 Å². The molecule has 0 aliphatic heterocycles. The summed E-state index contributed by atoms with van der Waals surface area (Å²) in [6.07, 6.45) is 0.569. The summed E-state index contributed by atoms with van der Waals surface area (Å²) in [5.41, 5.74) is 13.0. The van der Waals surface area contributed by atoms with Crippen molar-refractivity contribution < 1.29 is 4.92 Å². The van der Waals surface area contributed by atoms with Crippen LogP contribution in [0.3, 0.4) is 0 Å². The van der Waals surface area contributed by atoms with Crippen LogP contribution in [0.5, 0.6) is 0 Å². The van der Waals surface area contributed by atoms with Gasteiger partial charge >= 0.3 is 0 Å². The molecule has 0 aliphatic rings. The van der Waals surface area contributed by atoms with Gasteiger partial charge in [0.1, 0.15) is 5.69 Å². The minimum Gasteiger partial charge on any atom is -0.393 e. The average molecular weight is 195 g/mol. The fourth-order valence-electron chi connectivity index (χ4n) is 1.40. The quantitative estimate of drug-likeness (QED) is 0.427. The highest BCUT2D eigenvalue weighted by molar-refractivity contribution is 5.65. The molecule has 0 aliphatic carbocycles. The number of nitro benzene ring substituents is 1. The lowest BCUT2D eigenvalue weighted by atomic mass is 10.0. The second kappa shape index (κ2) is 4.06. The van der Waals surface area contributed by atoms with Crippen molar-refractivity contribution in [1.29, 1.82) is 0 Å². The molecule has 0 saturated heterocycles. The van der Waals surface area contributed by atoms with Crippen LogP contribution >= 0.6 is 0 Å². The molecule has 0 amide bonds. The summed E-state index contributed by atoms with van der Waals surface area (Å²) in [6.45, 7) is 2.30. The van der Waals surface area contributed by atoms with Crippen LogP contribution in [0.25, 0.3) is 0 Å². The van der Waals surface area contributed by atoms with Crippen molar-refractivity contribution in [3.63, 3.8) is 0 Å². The van der Waals surface area contributed by atoms with E-state index in [1.54, 1.807) is 6.07 Å². The highest BCUT2D eigenvalue weighted by Crippen LogP contribution is 2.27. The molecular formula is C9H13N3O2. The number of anilines is 1. The van der Waals surface area contributed by atoms with Gasteiger partial charge in [0.2, 0.25) is 0 Å². The lowest BCUT2D eigenvalue weighted by molar-refractivity contribution is -0.383. The topological polar surface area (TPSA) is 95.2 Å². The number of nitrogens with zero attached hydrogens (tertiary/aromatic N) is 1. The first-order chi connectivity index (χ1) is 6.57. The average Bonchev–Trinajstić information content (AvgIpc) is 2.11. The summed E-state index contributed by atoms with van der Waals surface area (Å²) in [5, 5.41) is 10.6. The summed E-state index contributed by atoms with van der Waals surface area (Å²) in [6, 6.07) is 3.12. The number of hydrogen-bond donors (Lipinski definition) is 2. The van der Waals surface area contributed by atoms with E-state index in [2.05, 4.69) is 0 Å². The summed E-state index contributed by atoms with van der Waals surface area (Å²) in [5.74, 6) is 0. The zero-order chi connectivity index (χ0) is 10.7. The van der Waals surface area contributed by atoms with Crippen LogP contribution in [0.15, 0.2) is 12.1 Å². The summed E-state index contributed by atoms with van der Waals surface area (Å²) >= 11 is 0. The van der Waals surface area contributed by atoms with Gasteiger partial charge in [-0.05, 0) is 31.0 Å². The molecule has 0 fully saturated rings. The van der Waals surface area contributed by atoms with Gasteiger partial charge in [-0.1, -0.05) is 6.07 Å². The molecule has 1 aromatic carbocycles. The first kappa shape index (κ1) is 10.5. The highest BCUT2D eigenvalue weighted by Gasteiger charge is 2.15. The van der Waals surface area contributed by atoms with Crippen LogP contribution in [0.4, 0.5) is 11.4 Å². The Kier molecular flexibility index (Phi) is 3.03. The SMILES string of the molecule is Cc1ccc([N+](=O)[O-])c(N)c1CCN. The molecule has 4 N–H and O–H groups in total. The Hall–Kier alpha value is -1.62. The van der Waals surface area contributed by atoms with Gasteiger partial charge in [-0.25, -0.2) is 0 Å². The molecule has 1 aromatic rings. The molecule has 0 heterocycles. The normalized spacial score (nSPS) is 10.1. The van der Waals surface area contributed by atoms with Crippen molar-refractivity contribution in [2.24, 2.45) is 5.73 Å². The monoisotopic (exact) mass is 195 g/mol. The minimum absolute atomic E-state index is 0.0425. The first-order valence-corrected chi connectivity index (χ1v) is 4.30.